The van der Waals surface area contributed by atoms with Crippen molar-refractivity contribution in [3.8, 4) is 22.9 Å². The highest BCUT2D eigenvalue weighted by atomic mass is 79.9. The Hall–Kier alpha value is -2.34. The normalized spacial score (nSPS) is 10.5. The average Bonchev–Trinajstić information content (AvgIpc) is 2.99. The first-order chi connectivity index (χ1) is 11.2. The molecule has 0 aliphatic carbocycles. The summed E-state index contributed by atoms with van der Waals surface area (Å²) in [6.45, 7) is 2.67. The Balaban J connectivity index is 1.54. The Morgan fingerprint density at radius 2 is 1.70 bits per heavy atom. The maximum Gasteiger partial charge on any atom is 0.223 e. The summed E-state index contributed by atoms with van der Waals surface area (Å²) in [7, 11) is 0. The van der Waals surface area contributed by atoms with E-state index in [2.05, 4.69) is 26.1 Å². The molecule has 0 N–H and O–H groups in total. The lowest BCUT2D eigenvalue weighted by Gasteiger charge is -2.09. The van der Waals surface area contributed by atoms with Crippen LogP contribution in [0.25, 0.3) is 11.4 Å². The minimum absolute atomic E-state index is 0.446. The van der Waals surface area contributed by atoms with Gasteiger partial charge in [-0.2, -0.15) is 4.98 Å². The van der Waals surface area contributed by atoms with Gasteiger partial charge in [0.2, 0.25) is 11.7 Å². The molecule has 0 aliphatic rings. The van der Waals surface area contributed by atoms with Crippen LogP contribution in [0.2, 0.25) is 0 Å². The van der Waals surface area contributed by atoms with Gasteiger partial charge in [-0.1, -0.05) is 39.3 Å². The molecule has 0 saturated carbocycles. The molecule has 3 rings (SSSR count). The Morgan fingerprint density at radius 1 is 1.00 bits per heavy atom. The summed E-state index contributed by atoms with van der Waals surface area (Å²) >= 11 is 3.41. The fraction of sp³-hybridized carbons (Fsp3) is 0.176. The monoisotopic (exact) mass is 374 g/mol. The highest BCUT2D eigenvalue weighted by Crippen LogP contribution is 2.21. The molecule has 2 aromatic carbocycles. The van der Waals surface area contributed by atoms with Crippen LogP contribution in [0.15, 0.2) is 57.5 Å². The Bertz CT molecular complexity index is 789. The first-order valence-corrected chi connectivity index (χ1v) is 7.92. The van der Waals surface area contributed by atoms with Gasteiger partial charge in [0.1, 0.15) is 24.7 Å². The van der Waals surface area contributed by atoms with E-state index in [4.69, 9.17) is 14.0 Å². The zero-order valence-electron chi connectivity index (χ0n) is 12.5. The number of hydrogen-bond acceptors (Lipinski definition) is 5. The third kappa shape index (κ3) is 4.32. The van der Waals surface area contributed by atoms with Crippen molar-refractivity contribution < 1.29 is 14.0 Å². The molecule has 6 heteroatoms. The van der Waals surface area contributed by atoms with E-state index in [1.807, 2.05) is 48.5 Å². The van der Waals surface area contributed by atoms with Crippen molar-refractivity contribution in [3.05, 3.63) is 58.9 Å². The zero-order valence-corrected chi connectivity index (χ0v) is 14.1. The van der Waals surface area contributed by atoms with Crippen LogP contribution in [0.4, 0.5) is 0 Å². The predicted molar refractivity (Wildman–Crippen MR) is 89.6 cm³/mol. The van der Waals surface area contributed by atoms with Crippen molar-refractivity contribution in [2.24, 2.45) is 0 Å². The van der Waals surface area contributed by atoms with Crippen LogP contribution in [-0.2, 0) is 0 Å². The van der Waals surface area contributed by atoms with Crippen molar-refractivity contribution in [2.75, 3.05) is 13.2 Å². The van der Waals surface area contributed by atoms with Crippen LogP contribution in [-0.4, -0.2) is 23.4 Å². The van der Waals surface area contributed by atoms with Crippen LogP contribution in [0.1, 0.15) is 5.89 Å². The molecule has 0 fully saturated rings. The van der Waals surface area contributed by atoms with Gasteiger partial charge in [-0.25, -0.2) is 0 Å². The highest BCUT2D eigenvalue weighted by molar-refractivity contribution is 9.10. The second-order valence-electron chi connectivity index (χ2n) is 4.82. The largest absolute Gasteiger partial charge is 0.490 e. The van der Waals surface area contributed by atoms with Gasteiger partial charge in [0, 0.05) is 17.0 Å². The van der Waals surface area contributed by atoms with E-state index in [1.54, 1.807) is 6.92 Å². The third-order valence-corrected chi connectivity index (χ3v) is 3.53. The fourth-order valence-corrected chi connectivity index (χ4v) is 2.40. The summed E-state index contributed by atoms with van der Waals surface area (Å²) in [6, 6.07) is 15.3. The van der Waals surface area contributed by atoms with Gasteiger partial charge in [0.25, 0.3) is 0 Å². The van der Waals surface area contributed by atoms with Crippen LogP contribution >= 0.6 is 15.9 Å². The summed E-state index contributed by atoms with van der Waals surface area (Å²) in [4.78, 5) is 4.20. The molecule has 1 aromatic heterocycles. The lowest BCUT2D eigenvalue weighted by Crippen LogP contribution is -2.09. The number of nitrogens with zero attached hydrogens (tertiary/aromatic N) is 2. The van der Waals surface area contributed by atoms with E-state index < -0.39 is 0 Å². The smallest absolute Gasteiger partial charge is 0.223 e. The molecule has 0 spiro atoms. The van der Waals surface area contributed by atoms with E-state index in [1.165, 1.54) is 0 Å². The van der Waals surface area contributed by atoms with Gasteiger partial charge in [-0.05, 0) is 30.3 Å². The second-order valence-corrected chi connectivity index (χ2v) is 5.73. The summed E-state index contributed by atoms with van der Waals surface area (Å²) < 4.78 is 17.3. The highest BCUT2D eigenvalue weighted by Gasteiger charge is 2.06. The molecule has 5 nitrogen and oxygen atoms in total. The maximum atomic E-state index is 5.70. The summed E-state index contributed by atoms with van der Waals surface area (Å²) in [6.07, 6.45) is 0. The van der Waals surface area contributed by atoms with E-state index in [0.29, 0.717) is 24.9 Å². The molecule has 118 valence electrons. The minimum Gasteiger partial charge on any atom is -0.490 e. The number of hydrogen-bond donors (Lipinski definition) is 0. The Morgan fingerprint density at radius 3 is 2.35 bits per heavy atom. The molecule has 0 unspecified atom stereocenters. The standard InChI is InChI=1S/C17H15BrN2O3/c1-12-19-17(20-23-12)13-4-2-6-15(10-13)21-8-9-22-16-7-3-5-14(18)11-16/h2-7,10-11H,8-9H2,1H3. The quantitative estimate of drug-likeness (QED) is 0.603. The topological polar surface area (TPSA) is 57.4 Å². The molecule has 0 atom stereocenters. The fourth-order valence-electron chi connectivity index (χ4n) is 2.02. The lowest BCUT2D eigenvalue weighted by atomic mass is 10.2. The summed E-state index contributed by atoms with van der Waals surface area (Å²) in [5, 5.41) is 3.90. The molecule has 23 heavy (non-hydrogen) atoms. The Labute approximate surface area is 142 Å². The van der Waals surface area contributed by atoms with Gasteiger partial charge in [0.05, 0.1) is 0 Å². The van der Waals surface area contributed by atoms with E-state index in [-0.39, 0.29) is 0 Å². The van der Waals surface area contributed by atoms with Gasteiger partial charge in [-0.3, -0.25) is 0 Å². The lowest BCUT2D eigenvalue weighted by molar-refractivity contribution is 0.217. The van der Waals surface area contributed by atoms with Gasteiger partial charge in [0.15, 0.2) is 0 Å². The first-order valence-electron chi connectivity index (χ1n) is 7.12. The average molecular weight is 375 g/mol. The second kappa shape index (κ2) is 7.28. The molecule has 3 aromatic rings. The molecule has 0 amide bonds. The van der Waals surface area contributed by atoms with E-state index >= 15 is 0 Å². The van der Waals surface area contributed by atoms with E-state index in [0.717, 1.165) is 21.5 Å². The number of halogens is 1. The van der Waals surface area contributed by atoms with Crippen LogP contribution < -0.4 is 9.47 Å². The third-order valence-electron chi connectivity index (χ3n) is 3.04. The summed E-state index contributed by atoms with van der Waals surface area (Å²) in [5.41, 5.74) is 0.854. The van der Waals surface area contributed by atoms with Crippen molar-refractivity contribution in [1.82, 2.24) is 10.1 Å². The van der Waals surface area contributed by atoms with E-state index in [9.17, 15) is 0 Å². The van der Waals surface area contributed by atoms with Crippen LogP contribution in [0.3, 0.4) is 0 Å². The Kier molecular flexibility index (Phi) is 4.92. The first kappa shape index (κ1) is 15.6. The van der Waals surface area contributed by atoms with Crippen LogP contribution in [0, 0.1) is 6.92 Å². The van der Waals surface area contributed by atoms with Crippen molar-refractivity contribution in [2.45, 2.75) is 6.92 Å². The molecule has 0 saturated heterocycles. The molecular formula is C17H15BrN2O3. The SMILES string of the molecule is Cc1nc(-c2cccc(OCCOc3cccc(Br)c3)c2)no1. The van der Waals surface area contributed by atoms with Gasteiger partial charge < -0.3 is 14.0 Å². The van der Waals surface area contributed by atoms with Crippen molar-refractivity contribution in [3.63, 3.8) is 0 Å². The predicted octanol–water partition coefficient (Wildman–Crippen LogP) is 4.27. The molecule has 1 heterocycles. The molecule has 0 radical (unpaired) electrons. The number of ether oxygens (including phenoxy) is 2. The maximum absolute atomic E-state index is 5.70. The van der Waals surface area contributed by atoms with Gasteiger partial charge in [-0.15, -0.1) is 0 Å². The van der Waals surface area contributed by atoms with Crippen molar-refractivity contribution in [1.29, 1.82) is 0 Å². The molecule has 0 bridgehead atoms. The van der Waals surface area contributed by atoms with Crippen LogP contribution in [0.5, 0.6) is 11.5 Å². The zero-order chi connectivity index (χ0) is 16.1. The summed E-state index contributed by atoms with van der Waals surface area (Å²) in [5.74, 6) is 2.63. The number of aryl methyl sites for hydroxylation is 1. The number of aromatic nitrogens is 2. The minimum atomic E-state index is 0.446. The number of rotatable bonds is 6. The van der Waals surface area contributed by atoms with Crippen molar-refractivity contribution >= 4 is 15.9 Å². The molecule has 0 aliphatic heterocycles. The van der Waals surface area contributed by atoms with Gasteiger partial charge >= 0.3 is 0 Å². The number of benzene rings is 2. The molecular weight excluding hydrogens is 360 g/mol.